The highest BCUT2D eigenvalue weighted by Crippen LogP contribution is 2.34. The maximum absolute atomic E-state index is 12.9. The van der Waals surface area contributed by atoms with Crippen molar-refractivity contribution in [3.63, 3.8) is 0 Å². The van der Waals surface area contributed by atoms with Crippen LogP contribution in [-0.2, 0) is 16.1 Å². The molecule has 1 aliphatic heterocycles. The zero-order chi connectivity index (χ0) is 23.8. The zero-order valence-corrected chi connectivity index (χ0v) is 20.2. The van der Waals surface area contributed by atoms with Crippen molar-refractivity contribution in [3.05, 3.63) is 64.6 Å². The van der Waals surface area contributed by atoms with Crippen LogP contribution in [0.2, 0.25) is 0 Å². The number of rotatable bonds is 10. The number of benzene rings is 2. The van der Waals surface area contributed by atoms with Crippen LogP contribution in [0.3, 0.4) is 0 Å². The standard InChI is InChI=1S/C24H26N2O5S2/c1-30-19-9-8-18(14-20(19)31-2)15-21-23(29)26(24(32)33-21)11-10-22(28)25(12-13-27)16-17-6-4-3-5-7-17/h3-9,14-15,27H,10-13,16H2,1-2H3. The molecule has 0 bridgehead atoms. The molecule has 9 heteroatoms. The zero-order valence-electron chi connectivity index (χ0n) is 18.5. The molecule has 7 nitrogen and oxygen atoms in total. The Bertz CT molecular complexity index is 1040. The van der Waals surface area contributed by atoms with E-state index in [-0.39, 0.29) is 37.9 Å². The number of nitrogens with zero attached hydrogens (tertiary/aromatic N) is 2. The first-order chi connectivity index (χ1) is 16.0. The van der Waals surface area contributed by atoms with Crippen LogP contribution in [0, 0.1) is 0 Å². The van der Waals surface area contributed by atoms with Gasteiger partial charge in [-0.2, -0.15) is 0 Å². The summed E-state index contributed by atoms with van der Waals surface area (Å²) in [6.07, 6.45) is 1.86. The number of thioether (sulfide) groups is 1. The second-order valence-electron chi connectivity index (χ2n) is 7.22. The highest BCUT2D eigenvalue weighted by atomic mass is 32.2. The number of aliphatic hydroxyl groups is 1. The number of aliphatic hydroxyl groups excluding tert-OH is 1. The SMILES string of the molecule is COc1ccc(C=C2SC(=S)N(CCC(=O)N(CCO)Cc3ccccc3)C2=O)cc1OC. The average Bonchev–Trinajstić information content (AvgIpc) is 3.09. The Morgan fingerprint density at radius 3 is 2.55 bits per heavy atom. The minimum atomic E-state index is -0.232. The lowest BCUT2D eigenvalue weighted by atomic mass is 10.2. The van der Waals surface area contributed by atoms with Gasteiger partial charge in [-0.05, 0) is 29.3 Å². The molecule has 1 saturated heterocycles. The van der Waals surface area contributed by atoms with E-state index in [0.717, 1.165) is 11.1 Å². The van der Waals surface area contributed by atoms with Gasteiger partial charge >= 0.3 is 0 Å². The van der Waals surface area contributed by atoms with Crippen molar-refractivity contribution in [3.8, 4) is 11.5 Å². The van der Waals surface area contributed by atoms with Crippen LogP contribution < -0.4 is 9.47 Å². The van der Waals surface area contributed by atoms with Crippen LogP contribution in [-0.4, -0.2) is 65.0 Å². The molecule has 0 radical (unpaired) electrons. The molecule has 0 aromatic heterocycles. The van der Waals surface area contributed by atoms with Crippen LogP contribution in [0.1, 0.15) is 17.5 Å². The van der Waals surface area contributed by atoms with E-state index in [1.54, 1.807) is 37.3 Å². The van der Waals surface area contributed by atoms with Crippen molar-refractivity contribution in [1.82, 2.24) is 9.80 Å². The van der Waals surface area contributed by atoms with Crippen molar-refractivity contribution < 1.29 is 24.2 Å². The van der Waals surface area contributed by atoms with E-state index in [2.05, 4.69) is 0 Å². The Morgan fingerprint density at radius 1 is 1.15 bits per heavy atom. The molecule has 2 aromatic rings. The van der Waals surface area contributed by atoms with Gasteiger partial charge in [0.05, 0.1) is 25.7 Å². The number of hydrogen-bond acceptors (Lipinski definition) is 7. The fourth-order valence-electron chi connectivity index (χ4n) is 3.37. The Labute approximate surface area is 203 Å². The number of hydrogen-bond donors (Lipinski definition) is 1. The molecule has 0 aliphatic carbocycles. The summed E-state index contributed by atoms with van der Waals surface area (Å²) >= 11 is 6.60. The van der Waals surface area contributed by atoms with Crippen LogP contribution in [0.4, 0.5) is 0 Å². The van der Waals surface area contributed by atoms with E-state index >= 15 is 0 Å². The summed E-state index contributed by atoms with van der Waals surface area (Å²) in [5.74, 6) is 0.786. The molecule has 0 spiro atoms. The van der Waals surface area contributed by atoms with Gasteiger partial charge in [-0.15, -0.1) is 0 Å². The topological polar surface area (TPSA) is 79.3 Å². The summed E-state index contributed by atoms with van der Waals surface area (Å²) in [5.41, 5.74) is 1.75. The van der Waals surface area contributed by atoms with E-state index in [4.69, 9.17) is 21.7 Å². The predicted molar refractivity (Wildman–Crippen MR) is 133 cm³/mol. The smallest absolute Gasteiger partial charge is 0.266 e. The average molecular weight is 487 g/mol. The van der Waals surface area contributed by atoms with Gasteiger partial charge in [-0.25, -0.2) is 0 Å². The monoisotopic (exact) mass is 486 g/mol. The predicted octanol–water partition coefficient (Wildman–Crippen LogP) is 3.32. The summed E-state index contributed by atoms with van der Waals surface area (Å²) in [4.78, 5) is 29.2. The summed E-state index contributed by atoms with van der Waals surface area (Å²) in [7, 11) is 3.11. The molecule has 33 heavy (non-hydrogen) atoms. The molecule has 3 rings (SSSR count). The Hall–Kier alpha value is -2.88. The molecule has 2 aromatic carbocycles. The van der Waals surface area contributed by atoms with Gasteiger partial charge < -0.3 is 19.5 Å². The third-order valence-corrected chi connectivity index (χ3v) is 6.44. The minimum Gasteiger partial charge on any atom is -0.493 e. The molecule has 0 atom stereocenters. The third-order valence-electron chi connectivity index (χ3n) is 5.07. The maximum atomic E-state index is 12.9. The molecule has 0 saturated carbocycles. The minimum absolute atomic E-state index is 0.114. The van der Waals surface area contributed by atoms with Crippen molar-refractivity contribution in [2.45, 2.75) is 13.0 Å². The number of thiocarbonyl (C=S) groups is 1. The van der Waals surface area contributed by atoms with Crippen molar-refractivity contribution in [2.75, 3.05) is 33.9 Å². The van der Waals surface area contributed by atoms with E-state index in [0.29, 0.717) is 27.3 Å². The number of ether oxygens (including phenoxy) is 2. The van der Waals surface area contributed by atoms with Gasteiger partial charge in [0.2, 0.25) is 5.91 Å². The van der Waals surface area contributed by atoms with Crippen molar-refractivity contribution in [1.29, 1.82) is 0 Å². The molecule has 174 valence electrons. The van der Waals surface area contributed by atoms with Crippen molar-refractivity contribution in [2.24, 2.45) is 0 Å². The molecule has 2 amide bonds. The van der Waals surface area contributed by atoms with Gasteiger partial charge in [0.1, 0.15) is 4.32 Å². The van der Waals surface area contributed by atoms with Gasteiger partial charge in [0.25, 0.3) is 5.91 Å². The number of carbonyl (C=O) groups excluding carboxylic acids is 2. The van der Waals surface area contributed by atoms with E-state index in [9.17, 15) is 14.7 Å². The Balaban J connectivity index is 1.65. The van der Waals surface area contributed by atoms with E-state index in [1.165, 1.54) is 16.7 Å². The maximum Gasteiger partial charge on any atom is 0.266 e. The fraction of sp³-hybridized carbons (Fsp3) is 0.292. The normalized spacial score (nSPS) is 14.6. The lowest BCUT2D eigenvalue weighted by Crippen LogP contribution is -2.37. The largest absolute Gasteiger partial charge is 0.493 e. The molecule has 1 aliphatic rings. The van der Waals surface area contributed by atoms with E-state index in [1.807, 2.05) is 36.4 Å². The molecular weight excluding hydrogens is 460 g/mol. The second-order valence-corrected chi connectivity index (χ2v) is 8.90. The molecule has 1 heterocycles. The lowest BCUT2D eigenvalue weighted by molar-refractivity contribution is -0.132. The second kappa shape index (κ2) is 11.8. The molecular formula is C24H26N2O5S2. The van der Waals surface area contributed by atoms with Gasteiger partial charge in [-0.1, -0.05) is 60.4 Å². The summed E-state index contributed by atoms with van der Waals surface area (Å²) in [6.45, 7) is 0.681. The van der Waals surface area contributed by atoms with Crippen molar-refractivity contribution >= 4 is 46.2 Å². The number of carbonyl (C=O) groups is 2. The van der Waals surface area contributed by atoms with Crippen LogP contribution in [0.25, 0.3) is 6.08 Å². The Kier molecular flexibility index (Phi) is 8.87. The van der Waals surface area contributed by atoms with Crippen LogP contribution in [0.15, 0.2) is 53.4 Å². The highest BCUT2D eigenvalue weighted by molar-refractivity contribution is 8.26. The third kappa shape index (κ3) is 6.34. The molecule has 1 N–H and O–H groups in total. The summed E-state index contributed by atoms with van der Waals surface area (Å²) in [6, 6.07) is 15.0. The summed E-state index contributed by atoms with van der Waals surface area (Å²) in [5, 5.41) is 9.37. The van der Waals surface area contributed by atoms with Crippen LogP contribution in [0.5, 0.6) is 11.5 Å². The fourth-order valence-corrected chi connectivity index (χ4v) is 4.68. The number of amides is 2. The lowest BCUT2D eigenvalue weighted by Gasteiger charge is -2.23. The van der Waals surface area contributed by atoms with Crippen LogP contribution >= 0.6 is 24.0 Å². The first kappa shape index (κ1) is 24.8. The molecule has 1 fully saturated rings. The van der Waals surface area contributed by atoms with Gasteiger partial charge in [0.15, 0.2) is 11.5 Å². The number of methoxy groups -OCH3 is 2. The summed E-state index contributed by atoms with van der Waals surface area (Å²) < 4.78 is 11.0. The molecule has 0 unspecified atom stereocenters. The Morgan fingerprint density at radius 2 is 1.88 bits per heavy atom. The quantitative estimate of drug-likeness (QED) is 0.408. The highest BCUT2D eigenvalue weighted by Gasteiger charge is 2.32. The first-order valence-electron chi connectivity index (χ1n) is 10.4. The van der Waals surface area contributed by atoms with Gasteiger partial charge in [0, 0.05) is 26.1 Å². The van der Waals surface area contributed by atoms with E-state index < -0.39 is 0 Å². The first-order valence-corrected chi connectivity index (χ1v) is 11.6. The van der Waals surface area contributed by atoms with Gasteiger partial charge in [-0.3, -0.25) is 14.5 Å².